The summed E-state index contributed by atoms with van der Waals surface area (Å²) in [4.78, 5) is 15.6. The Morgan fingerprint density at radius 1 is 1.30 bits per heavy atom. The average Bonchev–Trinajstić information content (AvgIpc) is 2.43. The van der Waals surface area contributed by atoms with Crippen molar-refractivity contribution in [2.75, 3.05) is 11.9 Å². The third kappa shape index (κ3) is 4.11. The molecule has 1 aromatic heterocycles. The number of benzene rings is 1. The van der Waals surface area contributed by atoms with Crippen LogP contribution in [-0.2, 0) is 4.79 Å². The van der Waals surface area contributed by atoms with Gasteiger partial charge in [-0.2, -0.15) is 0 Å². The molecule has 0 aliphatic heterocycles. The van der Waals surface area contributed by atoms with E-state index in [-0.39, 0.29) is 12.5 Å². The van der Waals surface area contributed by atoms with Crippen LogP contribution in [0.4, 0.5) is 5.69 Å². The van der Waals surface area contributed by atoms with Gasteiger partial charge in [-0.3, -0.25) is 4.79 Å². The fourth-order valence-electron chi connectivity index (χ4n) is 1.50. The van der Waals surface area contributed by atoms with Crippen molar-refractivity contribution in [1.29, 1.82) is 0 Å². The topological polar surface area (TPSA) is 51.2 Å². The van der Waals surface area contributed by atoms with Gasteiger partial charge in [0.25, 0.3) is 5.91 Å². The number of hydrogen-bond donors (Lipinski definition) is 1. The largest absolute Gasteiger partial charge is 0.484 e. The van der Waals surface area contributed by atoms with Gasteiger partial charge in [0.05, 0.1) is 11.9 Å². The Morgan fingerprint density at radius 3 is 2.75 bits per heavy atom. The Hall–Kier alpha value is -1.78. The fourth-order valence-corrected chi connectivity index (χ4v) is 1.73. The summed E-state index contributed by atoms with van der Waals surface area (Å²) in [6.07, 6.45) is 1.48. The number of ether oxygens (including phenoxy) is 1. The van der Waals surface area contributed by atoms with Gasteiger partial charge in [0.1, 0.15) is 10.9 Å². The number of aryl methyl sites for hydroxylation is 1. The second-order valence-corrected chi connectivity index (χ2v) is 4.91. The van der Waals surface area contributed by atoms with Crippen LogP contribution in [-0.4, -0.2) is 17.5 Å². The number of nitrogens with zero attached hydrogens (tertiary/aromatic N) is 1. The monoisotopic (exact) mass is 310 g/mol. The normalized spacial score (nSPS) is 10.2. The molecule has 0 unspecified atom stereocenters. The first-order valence-corrected chi connectivity index (χ1v) is 6.60. The molecule has 0 aliphatic carbocycles. The summed E-state index contributed by atoms with van der Waals surface area (Å²) in [6, 6.07) is 8.49. The van der Waals surface area contributed by atoms with Crippen LogP contribution in [0, 0.1) is 6.92 Å². The number of aromatic nitrogens is 1. The summed E-state index contributed by atoms with van der Waals surface area (Å²) >= 11 is 11.6. The third-order valence-electron chi connectivity index (χ3n) is 2.51. The fraction of sp³-hybridized carbons (Fsp3) is 0.143. The van der Waals surface area contributed by atoms with Gasteiger partial charge >= 0.3 is 0 Å². The minimum atomic E-state index is -0.276. The Kier molecular flexibility index (Phi) is 4.82. The van der Waals surface area contributed by atoms with Crippen molar-refractivity contribution in [3.05, 3.63) is 52.3 Å². The average molecular weight is 311 g/mol. The number of anilines is 1. The van der Waals surface area contributed by atoms with Crippen LogP contribution >= 0.6 is 23.2 Å². The summed E-state index contributed by atoms with van der Waals surface area (Å²) in [6.45, 7) is 1.78. The number of rotatable bonds is 4. The molecule has 0 saturated heterocycles. The van der Waals surface area contributed by atoms with E-state index in [9.17, 15) is 4.79 Å². The zero-order valence-electron chi connectivity index (χ0n) is 10.7. The summed E-state index contributed by atoms with van der Waals surface area (Å²) in [5.41, 5.74) is 1.46. The molecule has 0 radical (unpaired) electrons. The Labute approximate surface area is 126 Å². The van der Waals surface area contributed by atoms with E-state index in [4.69, 9.17) is 27.9 Å². The molecular formula is C14H12Cl2N2O2. The van der Waals surface area contributed by atoms with E-state index in [1.807, 2.05) is 6.92 Å². The molecule has 20 heavy (non-hydrogen) atoms. The lowest BCUT2D eigenvalue weighted by Crippen LogP contribution is -2.20. The summed E-state index contributed by atoms with van der Waals surface area (Å²) in [5.74, 6) is 0.318. The minimum Gasteiger partial charge on any atom is -0.484 e. The van der Waals surface area contributed by atoms with Gasteiger partial charge in [-0.1, -0.05) is 23.2 Å². The van der Waals surface area contributed by atoms with Crippen molar-refractivity contribution >= 4 is 34.8 Å². The van der Waals surface area contributed by atoms with Crippen molar-refractivity contribution in [3.63, 3.8) is 0 Å². The number of carbonyl (C=O) groups is 1. The van der Waals surface area contributed by atoms with Gasteiger partial charge in [-0.15, -0.1) is 0 Å². The van der Waals surface area contributed by atoms with E-state index < -0.39 is 0 Å². The van der Waals surface area contributed by atoms with Crippen molar-refractivity contribution < 1.29 is 9.53 Å². The van der Waals surface area contributed by atoms with Crippen molar-refractivity contribution in [3.8, 4) is 5.75 Å². The van der Waals surface area contributed by atoms with E-state index in [1.165, 1.54) is 6.20 Å². The summed E-state index contributed by atoms with van der Waals surface area (Å²) in [7, 11) is 0. The molecule has 0 spiro atoms. The van der Waals surface area contributed by atoms with Crippen LogP contribution in [0.1, 0.15) is 5.56 Å². The van der Waals surface area contributed by atoms with E-state index in [2.05, 4.69) is 10.3 Å². The zero-order valence-corrected chi connectivity index (χ0v) is 12.2. The third-order valence-corrected chi connectivity index (χ3v) is 3.16. The highest BCUT2D eigenvalue weighted by Crippen LogP contribution is 2.21. The zero-order chi connectivity index (χ0) is 14.5. The molecular weight excluding hydrogens is 299 g/mol. The van der Waals surface area contributed by atoms with Crippen LogP contribution in [0.5, 0.6) is 5.75 Å². The Bertz CT molecular complexity index is 615. The second-order valence-electron chi connectivity index (χ2n) is 4.12. The highest BCUT2D eigenvalue weighted by Gasteiger charge is 2.05. The van der Waals surface area contributed by atoms with Crippen LogP contribution in [0.3, 0.4) is 0 Å². The van der Waals surface area contributed by atoms with Gasteiger partial charge in [-0.25, -0.2) is 4.98 Å². The number of hydrogen-bond acceptors (Lipinski definition) is 3. The maximum Gasteiger partial charge on any atom is 0.262 e. The molecule has 1 amide bonds. The first kappa shape index (κ1) is 14.6. The number of carbonyl (C=O) groups excluding carboxylic acids is 1. The molecule has 0 atom stereocenters. The first-order valence-electron chi connectivity index (χ1n) is 5.85. The van der Waals surface area contributed by atoms with E-state index >= 15 is 0 Å². The molecule has 1 N–H and O–H groups in total. The highest BCUT2D eigenvalue weighted by molar-refractivity contribution is 6.31. The molecule has 104 valence electrons. The SMILES string of the molecule is Cc1cc(OCC(=O)Nc2ccc(Cl)nc2)ccc1Cl. The smallest absolute Gasteiger partial charge is 0.262 e. The van der Waals surface area contributed by atoms with Crippen LogP contribution in [0.15, 0.2) is 36.5 Å². The molecule has 1 aromatic carbocycles. The van der Waals surface area contributed by atoms with Crippen LogP contribution in [0.2, 0.25) is 10.2 Å². The Balaban J connectivity index is 1.88. The summed E-state index contributed by atoms with van der Waals surface area (Å²) < 4.78 is 5.38. The molecule has 2 aromatic rings. The lowest BCUT2D eigenvalue weighted by Gasteiger charge is -2.08. The van der Waals surface area contributed by atoms with E-state index in [0.717, 1.165) is 5.56 Å². The van der Waals surface area contributed by atoms with Crippen molar-refractivity contribution in [2.45, 2.75) is 6.92 Å². The van der Waals surface area contributed by atoms with E-state index in [0.29, 0.717) is 21.6 Å². The maximum atomic E-state index is 11.7. The predicted molar refractivity (Wildman–Crippen MR) is 79.6 cm³/mol. The number of nitrogens with one attached hydrogen (secondary N) is 1. The lowest BCUT2D eigenvalue weighted by atomic mass is 10.2. The molecule has 0 saturated carbocycles. The van der Waals surface area contributed by atoms with Crippen LogP contribution in [0.25, 0.3) is 0 Å². The second kappa shape index (κ2) is 6.59. The van der Waals surface area contributed by atoms with Gasteiger partial charge < -0.3 is 10.1 Å². The van der Waals surface area contributed by atoms with Crippen LogP contribution < -0.4 is 10.1 Å². The number of halogens is 2. The number of amides is 1. The summed E-state index contributed by atoms with van der Waals surface area (Å²) in [5, 5.41) is 3.69. The molecule has 2 rings (SSSR count). The van der Waals surface area contributed by atoms with Gasteiger partial charge in [-0.05, 0) is 42.8 Å². The molecule has 4 nitrogen and oxygen atoms in total. The number of pyridine rings is 1. The molecule has 0 aliphatic rings. The standard InChI is InChI=1S/C14H12Cl2N2O2/c1-9-6-11(3-4-12(9)15)20-8-14(19)18-10-2-5-13(16)17-7-10/h2-7H,8H2,1H3,(H,18,19). The lowest BCUT2D eigenvalue weighted by molar-refractivity contribution is -0.118. The van der Waals surface area contributed by atoms with E-state index in [1.54, 1.807) is 30.3 Å². The molecule has 1 heterocycles. The predicted octanol–water partition coefficient (Wildman–Crippen LogP) is 3.71. The van der Waals surface area contributed by atoms with Gasteiger partial charge in [0.15, 0.2) is 6.61 Å². The van der Waals surface area contributed by atoms with Crippen molar-refractivity contribution in [1.82, 2.24) is 4.98 Å². The van der Waals surface area contributed by atoms with Gasteiger partial charge in [0.2, 0.25) is 0 Å². The molecule has 0 fully saturated rings. The molecule has 6 heteroatoms. The highest BCUT2D eigenvalue weighted by atomic mass is 35.5. The first-order chi connectivity index (χ1) is 9.54. The van der Waals surface area contributed by atoms with Gasteiger partial charge in [0, 0.05) is 5.02 Å². The molecule has 0 bridgehead atoms. The minimum absolute atomic E-state index is 0.0936. The maximum absolute atomic E-state index is 11.7. The Morgan fingerprint density at radius 2 is 2.10 bits per heavy atom. The van der Waals surface area contributed by atoms with Crippen molar-refractivity contribution in [2.24, 2.45) is 0 Å². The quantitative estimate of drug-likeness (QED) is 0.876.